The molecule has 0 saturated carbocycles. The minimum Gasteiger partial charge on any atom is -0.465 e. The van der Waals surface area contributed by atoms with Gasteiger partial charge >= 0.3 is 5.97 Å². The number of aromatic nitrogens is 1. The summed E-state index contributed by atoms with van der Waals surface area (Å²) in [5, 5.41) is 4.95. The van der Waals surface area contributed by atoms with E-state index in [2.05, 4.69) is 29.4 Å². The van der Waals surface area contributed by atoms with Crippen molar-refractivity contribution in [3.05, 3.63) is 65.4 Å². The van der Waals surface area contributed by atoms with Gasteiger partial charge in [-0.15, -0.1) is 11.3 Å². The van der Waals surface area contributed by atoms with Gasteiger partial charge in [0.15, 0.2) is 11.7 Å². The molecule has 2 heterocycles. The summed E-state index contributed by atoms with van der Waals surface area (Å²) in [5.74, 6) is -0.548. The Morgan fingerprint density at radius 1 is 1.26 bits per heavy atom. The van der Waals surface area contributed by atoms with Crippen LogP contribution in [0.25, 0.3) is 17.3 Å². The highest BCUT2D eigenvalue weighted by molar-refractivity contribution is 7.14. The number of hydrogen-bond donors (Lipinski definition) is 1. The number of aryl methyl sites for hydroxylation is 1. The number of thiazole rings is 1. The van der Waals surface area contributed by atoms with E-state index >= 15 is 0 Å². The van der Waals surface area contributed by atoms with E-state index in [9.17, 15) is 9.59 Å². The predicted molar refractivity (Wildman–Crippen MR) is 104 cm³/mol. The molecule has 0 bridgehead atoms. The fraction of sp³-hybridized carbons (Fsp3) is 0.150. The zero-order valence-corrected chi connectivity index (χ0v) is 15.5. The first-order chi connectivity index (χ1) is 13.1. The van der Waals surface area contributed by atoms with Crippen molar-refractivity contribution in [2.24, 2.45) is 0 Å². The van der Waals surface area contributed by atoms with E-state index in [-0.39, 0.29) is 6.61 Å². The van der Waals surface area contributed by atoms with Crippen LogP contribution in [-0.4, -0.2) is 23.5 Å². The van der Waals surface area contributed by atoms with E-state index in [4.69, 9.17) is 9.15 Å². The normalized spacial score (nSPS) is 10.9. The lowest BCUT2D eigenvalue weighted by atomic mass is 10.1. The van der Waals surface area contributed by atoms with Gasteiger partial charge in [-0.25, -0.2) is 9.78 Å². The van der Waals surface area contributed by atoms with Gasteiger partial charge in [-0.1, -0.05) is 31.2 Å². The second-order valence-electron chi connectivity index (χ2n) is 5.59. The Labute approximate surface area is 160 Å². The smallest absolute Gasteiger partial charge is 0.331 e. The van der Waals surface area contributed by atoms with Gasteiger partial charge in [-0.2, -0.15) is 0 Å². The summed E-state index contributed by atoms with van der Waals surface area (Å²) in [5.41, 5.74) is 3.03. The molecule has 0 radical (unpaired) electrons. The molecule has 0 aliphatic carbocycles. The lowest BCUT2D eigenvalue weighted by molar-refractivity contribution is -0.142. The molecule has 2 aromatic heterocycles. The topological polar surface area (TPSA) is 81.4 Å². The van der Waals surface area contributed by atoms with Crippen LogP contribution >= 0.6 is 11.3 Å². The van der Waals surface area contributed by atoms with Gasteiger partial charge in [-0.05, 0) is 30.2 Å². The number of carbonyl (C=O) groups is 2. The van der Waals surface area contributed by atoms with Crippen molar-refractivity contribution in [3.8, 4) is 11.3 Å². The molecule has 1 aromatic carbocycles. The van der Waals surface area contributed by atoms with Crippen molar-refractivity contribution in [1.29, 1.82) is 0 Å². The number of furan rings is 1. The lowest BCUT2D eigenvalue weighted by Gasteiger charge is -2.02. The summed E-state index contributed by atoms with van der Waals surface area (Å²) >= 11 is 1.32. The Kier molecular flexibility index (Phi) is 6.17. The van der Waals surface area contributed by atoms with E-state index < -0.39 is 11.9 Å². The highest BCUT2D eigenvalue weighted by Crippen LogP contribution is 2.25. The number of benzene rings is 1. The summed E-state index contributed by atoms with van der Waals surface area (Å²) in [7, 11) is 0. The average Bonchev–Trinajstić information content (AvgIpc) is 3.37. The number of nitrogens with zero attached hydrogens (tertiary/aromatic N) is 1. The van der Waals surface area contributed by atoms with Crippen LogP contribution < -0.4 is 5.32 Å². The van der Waals surface area contributed by atoms with Crippen LogP contribution in [0.4, 0.5) is 5.13 Å². The third-order valence-electron chi connectivity index (χ3n) is 3.68. The fourth-order valence-corrected chi connectivity index (χ4v) is 2.99. The summed E-state index contributed by atoms with van der Waals surface area (Å²) < 4.78 is 9.95. The molecule has 27 heavy (non-hydrogen) atoms. The Morgan fingerprint density at radius 3 is 2.78 bits per heavy atom. The molecule has 0 fully saturated rings. The monoisotopic (exact) mass is 382 g/mol. The van der Waals surface area contributed by atoms with Crippen LogP contribution in [0.15, 0.2) is 58.5 Å². The molecule has 0 atom stereocenters. The zero-order chi connectivity index (χ0) is 19.1. The molecule has 7 heteroatoms. The molecule has 0 aliphatic heterocycles. The van der Waals surface area contributed by atoms with Gasteiger partial charge in [0.1, 0.15) is 5.76 Å². The van der Waals surface area contributed by atoms with E-state index in [1.807, 2.05) is 17.5 Å². The fourth-order valence-electron chi connectivity index (χ4n) is 2.25. The number of anilines is 1. The summed E-state index contributed by atoms with van der Waals surface area (Å²) in [6.45, 7) is 1.71. The van der Waals surface area contributed by atoms with Crippen molar-refractivity contribution in [3.63, 3.8) is 0 Å². The lowest BCUT2D eigenvalue weighted by Crippen LogP contribution is -2.20. The maximum atomic E-state index is 11.9. The number of amides is 1. The maximum absolute atomic E-state index is 11.9. The van der Waals surface area contributed by atoms with E-state index in [1.54, 1.807) is 12.1 Å². The van der Waals surface area contributed by atoms with Crippen molar-refractivity contribution < 1.29 is 18.7 Å². The number of ether oxygens (including phenoxy) is 1. The molecular weight excluding hydrogens is 364 g/mol. The van der Waals surface area contributed by atoms with Gasteiger partial charge in [-0.3, -0.25) is 10.1 Å². The molecule has 6 nitrogen and oxygen atoms in total. The van der Waals surface area contributed by atoms with Gasteiger partial charge in [0.2, 0.25) is 0 Å². The minimum atomic E-state index is -0.627. The van der Waals surface area contributed by atoms with Crippen LogP contribution in [0.2, 0.25) is 0 Å². The highest BCUT2D eigenvalue weighted by atomic mass is 32.1. The van der Waals surface area contributed by atoms with E-state index in [0.717, 1.165) is 17.7 Å². The Hall–Kier alpha value is -3.19. The number of nitrogens with one attached hydrogen (secondary N) is 1. The van der Waals surface area contributed by atoms with Crippen molar-refractivity contribution in [2.45, 2.75) is 13.3 Å². The van der Waals surface area contributed by atoms with Gasteiger partial charge in [0.25, 0.3) is 5.91 Å². The first-order valence-corrected chi connectivity index (χ1v) is 9.25. The second-order valence-corrected chi connectivity index (χ2v) is 6.45. The molecular formula is C20H18N2O4S. The number of esters is 1. The molecule has 0 aliphatic rings. The molecule has 3 rings (SSSR count). The predicted octanol–water partition coefficient (Wildman–Crippen LogP) is 4.16. The van der Waals surface area contributed by atoms with Crippen molar-refractivity contribution in [2.75, 3.05) is 11.9 Å². The largest absolute Gasteiger partial charge is 0.465 e. The number of rotatable bonds is 7. The molecule has 1 N–H and O–H groups in total. The first kappa shape index (κ1) is 18.6. The highest BCUT2D eigenvalue weighted by Gasteiger charge is 2.10. The third kappa shape index (κ3) is 5.39. The zero-order valence-electron chi connectivity index (χ0n) is 14.7. The van der Waals surface area contributed by atoms with Crippen LogP contribution in [0.1, 0.15) is 18.2 Å². The Balaban J connectivity index is 1.49. The quantitative estimate of drug-likeness (QED) is 0.490. The molecule has 3 aromatic rings. The Morgan fingerprint density at radius 2 is 2.07 bits per heavy atom. The second kappa shape index (κ2) is 8.95. The minimum absolute atomic E-state index is 0.387. The van der Waals surface area contributed by atoms with Crippen LogP contribution in [0.5, 0.6) is 0 Å². The molecule has 138 valence electrons. The average molecular weight is 382 g/mol. The molecule has 0 unspecified atom stereocenters. The standard InChI is InChI=1S/C20H18N2O4S/c1-2-14-5-7-15(8-6-14)17-13-27-20(21-17)22-18(23)12-26-19(24)10-9-16-4-3-11-25-16/h3-11,13H,2,12H2,1H3,(H,21,22,23)/b10-9+. The summed E-state index contributed by atoms with van der Waals surface area (Å²) in [6, 6.07) is 11.5. The van der Waals surface area contributed by atoms with Crippen LogP contribution in [0, 0.1) is 0 Å². The van der Waals surface area contributed by atoms with E-state index in [1.165, 1.54) is 35.3 Å². The summed E-state index contributed by atoms with van der Waals surface area (Å²) in [6.07, 6.45) is 5.15. The number of hydrogen-bond acceptors (Lipinski definition) is 6. The molecule has 1 amide bonds. The van der Waals surface area contributed by atoms with Crippen molar-refractivity contribution >= 4 is 34.4 Å². The molecule has 0 saturated heterocycles. The SMILES string of the molecule is CCc1ccc(-c2csc(NC(=O)COC(=O)/C=C/c3ccco3)n2)cc1. The van der Waals surface area contributed by atoms with Gasteiger partial charge in [0, 0.05) is 17.0 Å². The van der Waals surface area contributed by atoms with Crippen LogP contribution in [0.3, 0.4) is 0 Å². The van der Waals surface area contributed by atoms with Gasteiger partial charge < -0.3 is 9.15 Å². The molecule has 0 spiro atoms. The first-order valence-electron chi connectivity index (χ1n) is 8.37. The van der Waals surface area contributed by atoms with Gasteiger partial charge in [0.05, 0.1) is 12.0 Å². The van der Waals surface area contributed by atoms with E-state index in [0.29, 0.717) is 10.9 Å². The summed E-state index contributed by atoms with van der Waals surface area (Å²) in [4.78, 5) is 27.9. The van der Waals surface area contributed by atoms with Crippen molar-refractivity contribution in [1.82, 2.24) is 4.98 Å². The third-order valence-corrected chi connectivity index (χ3v) is 4.44. The Bertz CT molecular complexity index is 927. The van der Waals surface area contributed by atoms with Crippen LogP contribution in [-0.2, 0) is 20.7 Å². The number of carbonyl (C=O) groups excluding carboxylic acids is 2. The maximum Gasteiger partial charge on any atom is 0.331 e.